The average molecular weight is 355 g/mol. The standard InChI is InChI=1S/C18H21N5O3/c1-4-22-10-13(8-19-22)11-23-12-14(9-20-23)21-18(24)16-6-5-15(25-2)7-17(16)26-3/h5-10,12H,4,11H2,1-3H3,(H,21,24). The Balaban J connectivity index is 1.69. The van der Waals surface area contributed by atoms with Crippen LogP contribution >= 0.6 is 0 Å². The van der Waals surface area contributed by atoms with Gasteiger partial charge in [-0.05, 0) is 19.1 Å². The number of ether oxygens (including phenoxy) is 2. The summed E-state index contributed by atoms with van der Waals surface area (Å²) < 4.78 is 14.0. The first kappa shape index (κ1) is 17.5. The second-order valence-corrected chi connectivity index (χ2v) is 5.65. The van der Waals surface area contributed by atoms with Crippen LogP contribution < -0.4 is 14.8 Å². The second-order valence-electron chi connectivity index (χ2n) is 5.65. The molecule has 136 valence electrons. The summed E-state index contributed by atoms with van der Waals surface area (Å²) in [6.07, 6.45) is 7.17. The van der Waals surface area contributed by atoms with Crippen LogP contribution in [-0.4, -0.2) is 39.7 Å². The minimum Gasteiger partial charge on any atom is -0.497 e. The van der Waals surface area contributed by atoms with Gasteiger partial charge in [0.15, 0.2) is 0 Å². The van der Waals surface area contributed by atoms with Gasteiger partial charge in [-0.25, -0.2) is 0 Å². The Kier molecular flexibility index (Phi) is 5.21. The number of nitrogens with zero attached hydrogens (tertiary/aromatic N) is 4. The van der Waals surface area contributed by atoms with Crippen molar-refractivity contribution in [1.29, 1.82) is 0 Å². The molecule has 8 nitrogen and oxygen atoms in total. The number of benzene rings is 1. The molecular weight excluding hydrogens is 334 g/mol. The van der Waals surface area contributed by atoms with Crippen molar-refractivity contribution in [3.63, 3.8) is 0 Å². The zero-order chi connectivity index (χ0) is 18.5. The lowest BCUT2D eigenvalue weighted by Crippen LogP contribution is -2.13. The molecule has 0 saturated carbocycles. The molecule has 0 atom stereocenters. The van der Waals surface area contributed by atoms with Crippen molar-refractivity contribution in [3.05, 3.63) is 54.1 Å². The van der Waals surface area contributed by atoms with Gasteiger partial charge in [0.1, 0.15) is 11.5 Å². The summed E-state index contributed by atoms with van der Waals surface area (Å²) >= 11 is 0. The molecule has 3 aromatic rings. The highest BCUT2D eigenvalue weighted by atomic mass is 16.5. The monoisotopic (exact) mass is 355 g/mol. The van der Waals surface area contributed by atoms with Crippen molar-refractivity contribution >= 4 is 11.6 Å². The number of anilines is 1. The second kappa shape index (κ2) is 7.73. The predicted molar refractivity (Wildman–Crippen MR) is 96.7 cm³/mol. The maximum absolute atomic E-state index is 12.5. The number of hydrogen-bond donors (Lipinski definition) is 1. The number of aryl methyl sites for hydroxylation is 1. The molecule has 0 bridgehead atoms. The molecule has 0 saturated heterocycles. The van der Waals surface area contributed by atoms with E-state index in [-0.39, 0.29) is 5.91 Å². The number of rotatable bonds is 7. The van der Waals surface area contributed by atoms with Gasteiger partial charge in [0, 0.05) is 30.6 Å². The highest BCUT2D eigenvalue weighted by Gasteiger charge is 2.14. The molecule has 8 heteroatoms. The smallest absolute Gasteiger partial charge is 0.259 e. The van der Waals surface area contributed by atoms with Crippen LogP contribution in [0, 0.1) is 0 Å². The molecule has 0 aliphatic carbocycles. The van der Waals surface area contributed by atoms with Crippen molar-refractivity contribution in [1.82, 2.24) is 19.6 Å². The maximum atomic E-state index is 12.5. The Labute approximate surface area is 151 Å². The fourth-order valence-corrected chi connectivity index (χ4v) is 2.55. The lowest BCUT2D eigenvalue weighted by atomic mass is 10.1. The van der Waals surface area contributed by atoms with Gasteiger partial charge in [-0.1, -0.05) is 0 Å². The summed E-state index contributed by atoms with van der Waals surface area (Å²) in [5.41, 5.74) is 2.07. The normalized spacial score (nSPS) is 10.6. The van der Waals surface area contributed by atoms with Crippen LogP contribution in [-0.2, 0) is 13.1 Å². The molecule has 1 N–H and O–H groups in total. The van der Waals surface area contributed by atoms with E-state index in [0.717, 1.165) is 12.1 Å². The first-order valence-electron chi connectivity index (χ1n) is 8.20. The fraction of sp³-hybridized carbons (Fsp3) is 0.278. The summed E-state index contributed by atoms with van der Waals surface area (Å²) in [6.45, 7) is 3.44. The molecule has 0 spiro atoms. The third-order valence-corrected chi connectivity index (χ3v) is 3.90. The Morgan fingerprint density at radius 2 is 1.92 bits per heavy atom. The molecule has 0 aliphatic heterocycles. The van der Waals surface area contributed by atoms with E-state index < -0.39 is 0 Å². The minimum absolute atomic E-state index is 0.275. The molecule has 26 heavy (non-hydrogen) atoms. The summed E-state index contributed by atoms with van der Waals surface area (Å²) in [6, 6.07) is 5.05. The van der Waals surface area contributed by atoms with Crippen molar-refractivity contribution in [3.8, 4) is 11.5 Å². The van der Waals surface area contributed by atoms with Gasteiger partial charge < -0.3 is 14.8 Å². The van der Waals surface area contributed by atoms with Gasteiger partial charge in [0.2, 0.25) is 0 Å². The third kappa shape index (κ3) is 3.85. The van der Waals surface area contributed by atoms with Crippen molar-refractivity contribution in [2.45, 2.75) is 20.0 Å². The lowest BCUT2D eigenvalue weighted by Gasteiger charge is -2.09. The number of carbonyl (C=O) groups excluding carboxylic acids is 1. The predicted octanol–water partition coefficient (Wildman–Crippen LogP) is 2.42. The quantitative estimate of drug-likeness (QED) is 0.704. The topological polar surface area (TPSA) is 83.2 Å². The van der Waals surface area contributed by atoms with Crippen molar-refractivity contribution in [2.75, 3.05) is 19.5 Å². The van der Waals surface area contributed by atoms with Gasteiger partial charge in [-0.3, -0.25) is 14.2 Å². The van der Waals surface area contributed by atoms with E-state index in [2.05, 4.69) is 15.5 Å². The van der Waals surface area contributed by atoms with E-state index in [0.29, 0.717) is 29.3 Å². The first-order chi connectivity index (χ1) is 12.6. The van der Waals surface area contributed by atoms with Gasteiger partial charge in [-0.2, -0.15) is 10.2 Å². The Morgan fingerprint density at radius 1 is 1.12 bits per heavy atom. The molecular formula is C18H21N5O3. The van der Waals surface area contributed by atoms with Crippen molar-refractivity contribution in [2.24, 2.45) is 0 Å². The number of hydrogen-bond acceptors (Lipinski definition) is 5. The SMILES string of the molecule is CCn1cc(Cn2cc(NC(=O)c3ccc(OC)cc3OC)cn2)cn1. The zero-order valence-electron chi connectivity index (χ0n) is 15.0. The van der Waals surface area contributed by atoms with Gasteiger partial charge in [-0.15, -0.1) is 0 Å². The van der Waals surface area contributed by atoms with Crippen LogP contribution in [0.1, 0.15) is 22.8 Å². The lowest BCUT2D eigenvalue weighted by molar-refractivity contribution is 0.102. The highest BCUT2D eigenvalue weighted by molar-refractivity contribution is 6.06. The van der Waals surface area contributed by atoms with E-state index in [1.807, 2.05) is 24.0 Å². The third-order valence-electron chi connectivity index (χ3n) is 3.90. The number of methoxy groups -OCH3 is 2. The van der Waals surface area contributed by atoms with Crippen LogP contribution in [0.5, 0.6) is 11.5 Å². The van der Waals surface area contributed by atoms with Crippen LogP contribution in [0.15, 0.2) is 43.0 Å². The number of amides is 1. The van der Waals surface area contributed by atoms with E-state index in [1.54, 1.807) is 42.4 Å². The molecule has 1 amide bonds. The van der Waals surface area contributed by atoms with Crippen LogP contribution in [0.2, 0.25) is 0 Å². The summed E-state index contributed by atoms with van der Waals surface area (Å²) in [7, 11) is 3.08. The Morgan fingerprint density at radius 3 is 2.62 bits per heavy atom. The molecule has 0 fully saturated rings. The molecule has 2 heterocycles. The number of nitrogens with one attached hydrogen (secondary N) is 1. The van der Waals surface area contributed by atoms with Gasteiger partial charge >= 0.3 is 0 Å². The summed E-state index contributed by atoms with van der Waals surface area (Å²) in [5.74, 6) is 0.794. The zero-order valence-corrected chi connectivity index (χ0v) is 15.0. The van der Waals surface area contributed by atoms with Crippen LogP contribution in [0.25, 0.3) is 0 Å². The molecule has 3 rings (SSSR count). The Bertz CT molecular complexity index is 900. The Hall–Kier alpha value is -3.29. The molecule has 0 aliphatic rings. The largest absolute Gasteiger partial charge is 0.497 e. The van der Waals surface area contributed by atoms with Gasteiger partial charge in [0.05, 0.1) is 44.4 Å². The van der Waals surface area contributed by atoms with Gasteiger partial charge in [0.25, 0.3) is 5.91 Å². The van der Waals surface area contributed by atoms with Crippen LogP contribution in [0.4, 0.5) is 5.69 Å². The fourth-order valence-electron chi connectivity index (χ4n) is 2.55. The number of carbonyl (C=O) groups is 1. The molecule has 1 aromatic carbocycles. The van der Waals surface area contributed by atoms with E-state index in [1.165, 1.54) is 7.11 Å². The minimum atomic E-state index is -0.275. The summed E-state index contributed by atoms with van der Waals surface area (Å²) in [5, 5.41) is 11.3. The van der Waals surface area contributed by atoms with Crippen LogP contribution in [0.3, 0.4) is 0 Å². The molecule has 0 unspecified atom stereocenters. The first-order valence-corrected chi connectivity index (χ1v) is 8.20. The maximum Gasteiger partial charge on any atom is 0.259 e. The molecule has 2 aromatic heterocycles. The number of aromatic nitrogens is 4. The molecule has 0 radical (unpaired) electrons. The van der Waals surface area contributed by atoms with Crippen molar-refractivity contribution < 1.29 is 14.3 Å². The van der Waals surface area contributed by atoms with E-state index >= 15 is 0 Å². The summed E-state index contributed by atoms with van der Waals surface area (Å²) in [4.78, 5) is 12.5. The van der Waals surface area contributed by atoms with E-state index in [4.69, 9.17) is 9.47 Å². The average Bonchev–Trinajstić information content (AvgIpc) is 3.30. The highest BCUT2D eigenvalue weighted by Crippen LogP contribution is 2.25. The van der Waals surface area contributed by atoms with E-state index in [9.17, 15) is 4.79 Å².